The molecule has 0 aliphatic carbocycles. The summed E-state index contributed by atoms with van der Waals surface area (Å²) in [5, 5.41) is 6.45. The van der Waals surface area contributed by atoms with Crippen LogP contribution in [0.4, 0.5) is 15.9 Å². The zero-order valence-corrected chi connectivity index (χ0v) is 15.6. The number of aryl methyl sites for hydroxylation is 2. The summed E-state index contributed by atoms with van der Waals surface area (Å²) in [6.07, 6.45) is 0. The Kier molecular flexibility index (Phi) is 5.66. The fourth-order valence-corrected chi connectivity index (χ4v) is 2.78. The molecular weight excluding hydrogens is 367 g/mol. The van der Waals surface area contributed by atoms with Crippen LogP contribution < -0.4 is 10.6 Å². The van der Waals surface area contributed by atoms with Crippen molar-refractivity contribution in [1.82, 2.24) is 9.97 Å². The van der Waals surface area contributed by atoms with E-state index in [9.17, 15) is 9.18 Å². The Labute approximate surface area is 161 Å². The number of aromatic nitrogens is 2. The minimum Gasteiger partial charge on any atom is -0.366 e. The number of benzene rings is 2. The Bertz CT molecular complexity index is 993. The number of nitrogens with zero attached hydrogens (tertiary/aromatic N) is 2. The molecular formula is C20H18ClFN4O. The lowest BCUT2D eigenvalue weighted by molar-refractivity contribution is 0.102. The van der Waals surface area contributed by atoms with E-state index < -0.39 is 0 Å². The third-order valence-corrected chi connectivity index (χ3v) is 4.16. The van der Waals surface area contributed by atoms with Gasteiger partial charge in [-0.3, -0.25) is 4.79 Å². The van der Waals surface area contributed by atoms with Crippen LogP contribution in [0.15, 0.2) is 48.5 Å². The zero-order chi connectivity index (χ0) is 19.4. The molecule has 0 unspecified atom stereocenters. The van der Waals surface area contributed by atoms with Gasteiger partial charge in [0.1, 0.15) is 23.2 Å². The zero-order valence-electron chi connectivity index (χ0n) is 14.9. The van der Waals surface area contributed by atoms with Crippen LogP contribution in [0.1, 0.15) is 27.4 Å². The minimum atomic E-state index is -0.361. The highest BCUT2D eigenvalue weighted by Gasteiger charge is 2.12. The molecule has 0 spiro atoms. The molecule has 5 nitrogen and oxygen atoms in total. The van der Waals surface area contributed by atoms with Gasteiger partial charge in [0.05, 0.1) is 0 Å². The van der Waals surface area contributed by atoms with Crippen LogP contribution in [0, 0.1) is 19.7 Å². The van der Waals surface area contributed by atoms with Crippen LogP contribution in [0.25, 0.3) is 0 Å². The largest absolute Gasteiger partial charge is 0.366 e. The number of hydrogen-bond donors (Lipinski definition) is 2. The highest BCUT2D eigenvalue weighted by atomic mass is 35.5. The molecule has 0 atom stereocenters. The van der Waals surface area contributed by atoms with E-state index in [1.165, 1.54) is 12.1 Å². The Morgan fingerprint density at radius 1 is 1.11 bits per heavy atom. The molecule has 1 aromatic heterocycles. The van der Waals surface area contributed by atoms with Gasteiger partial charge in [-0.1, -0.05) is 29.8 Å². The third kappa shape index (κ3) is 4.80. The van der Waals surface area contributed by atoms with Crippen molar-refractivity contribution in [3.05, 3.63) is 82.0 Å². The molecule has 138 valence electrons. The van der Waals surface area contributed by atoms with Gasteiger partial charge in [-0.15, -0.1) is 0 Å². The van der Waals surface area contributed by atoms with E-state index in [-0.39, 0.29) is 24.0 Å². The molecule has 1 heterocycles. The summed E-state index contributed by atoms with van der Waals surface area (Å²) >= 11 is 5.94. The van der Waals surface area contributed by atoms with Crippen molar-refractivity contribution in [2.45, 2.75) is 20.4 Å². The van der Waals surface area contributed by atoms with E-state index in [1.807, 2.05) is 6.92 Å². The van der Waals surface area contributed by atoms with Gasteiger partial charge in [0.25, 0.3) is 5.91 Å². The van der Waals surface area contributed by atoms with E-state index in [0.717, 1.165) is 5.56 Å². The summed E-state index contributed by atoms with van der Waals surface area (Å²) in [4.78, 5) is 21.0. The lowest BCUT2D eigenvalue weighted by Gasteiger charge is -2.11. The maximum Gasteiger partial charge on any atom is 0.274 e. The molecule has 0 aliphatic rings. The number of amides is 1. The number of nitrogens with one attached hydrogen (secondary N) is 2. The van der Waals surface area contributed by atoms with Crippen molar-refractivity contribution < 1.29 is 9.18 Å². The molecule has 2 aromatic carbocycles. The lowest BCUT2D eigenvalue weighted by Crippen LogP contribution is -2.16. The molecule has 3 aromatic rings. The van der Waals surface area contributed by atoms with E-state index in [4.69, 9.17) is 11.6 Å². The van der Waals surface area contributed by atoms with Crippen LogP contribution in [0.5, 0.6) is 0 Å². The molecule has 0 saturated carbocycles. The normalized spacial score (nSPS) is 10.5. The minimum absolute atomic E-state index is 0.216. The van der Waals surface area contributed by atoms with E-state index >= 15 is 0 Å². The summed E-state index contributed by atoms with van der Waals surface area (Å²) in [5.41, 5.74) is 2.23. The first-order valence-corrected chi connectivity index (χ1v) is 8.70. The van der Waals surface area contributed by atoms with Crippen molar-refractivity contribution in [2.24, 2.45) is 0 Å². The van der Waals surface area contributed by atoms with Gasteiger partial charge in [-0.25, -0.2) is 14.4 Å². The number of anilines is 2. The van der Waals surface area contributed by atoms with Crippen LogP contribution in [-0.4, -0.2) is 15.9 Å². The van der Waals surface area contributed by atoms with Crippen LogP contribution in [-0.2, 0) is 6.54 Å². The topological polar surface area (TPSA) is 66.9 Å². The summed E-state index contributed by atoms with van der Waals surface area (Å²) < 4.78 is 13.7. The summed E-state index contributed by atoms with van der Waals surface area (Å²) in [5.74, 6) is 0.224. The summed E-state index contributed by atoms with van der Waals surface area (Å²) in [7, 11) is 0. The average Bonchev–Trinajstić information content (AvgIpc) is 2.63. The third-order valence-electron chi connectivity index (χ3n) is 3.93. The van der Waals surface area contributed by atoms with Gasteiger partial charge in [0, 0.05) is 28.9 Å². The van der Waals surface area contributed by atoms with Gasteiger partial charge >= 0.3 is 0 Å². The highest BCUT2D eigenvalue weighted by Crippen LogP contribution is 2.20. The molecule has 3 rings (SSSR count). The van der Waals surface area contributed by atoms with Crippen molar-refractivity contribution in [1.29, 1.82) is 0 Å². The predicted molar refractivity (Wildman–Crippen MR) is 105 cm³/mol. The number of halogens is 2. The van der Waals surface area contributed by atoms with E-state index in [2.05, 4.69) is 20.6 Å². The predicted octanol–water partition coefficient (Wildman–Crippen LogP) is 4.75. The summed E-state index contributed by atoms with van der Waals surface area (Å²) in [6.45, 7) is 3.80. The molecule has 27 heavy (non-hydrogen) atoms. The second kappa shape index (κ2) is 8.14. The van der Waals surface area contributed by atoms with Crippen molar-refractivity contribution >= 4 is 29.0 Å². The number of carbonyl (C=O) groups is 1. The second-order valence-corrected chi connectivity index (χ2v) is 6.48. The maximum atomic E-state index is 13.7. The van der Waals surface area contributed by atoms with Gasteiger partial charge in [-0.2, -0.15) is 0 Å². The van der Waals surface area contributed by atoms with Gasteiger partial charge in [0.15, 0.2) is 0 Å². The van der Waals surface area contributed by atoms with Gasteiger partial charge in [0.2, 0.25) is 0 Å². The van der Waals surface area contributed by atoms with Crippen molar-refractivity contribution in [2.75, 3.05) is 10.6 Å². The highest BCUT2D eigenvalue weighted by molar-refractivity contribution is 6.30. The molecule has 2 N–H and O–H groups in total. The number of carbonyl (C=O) groups excluding carboxylic acids is 1. The molecule has 0 bridgehead atoms. The fourth-order valence-electron chi connectivity index (χ4n) is 2.56. The van der Waals surface area contributed by atoms with Gasteiger partial charge < -0.3 is 10.6 Å². The second-order valence-electron chi connectivity index (χ2n) is 6.04. The number of hydrogen-bond acceptors (Lipinski definition) is 4. The average molecular weight is 385 g/mol. The first-order valence-electron chi connectivity index (χ1n) is 8.33. The molecule has 0 fully saturated rings. The first kappa shape index (κ1) is 18.8. The van der Waals surface area contributed by atoms with E-state index in [1.54, 1.807) is 43.3 Å². The standard InChI is InChI=1S/C20H18ClFN4O/c1-12-9-15(21)7-8-17(12)26-20(27)18-10-19(25-13(2)24-18)23-11-14-5-3-4-6-16(14)22/h3-10H,11H2,1-2H3,(H,26,27)(H,23,24,25). The van der Waals surface area contributed by atoms with Crippen molar-refractivity contribution in [3.8, 4) is 0 Å². The van der Waals surface area contributed by atoms with E-state index in [0.29, 0.717) is 27.9 Å². The SMILES string of the molecule is Cc1nc(NCc2ccccc2F)cc(C(=O)Nc2ccc(Cl)cc2C)n1. The Hall–Kier alpha value is -2.99. The fraction of sp³-hybridized carbons (Fsp3) is 0.150. The monoisotopic (exact) mass is 384 g/mol. The molecule has 0 aliphatic heterocycles. The van der Waals surface area contributed by atoms with Crippen molar-refractivity contribution in [3.63, 3.8) is 0 Å². The molecule has 7 heteroatoms. The smallest absolute Gasteiger partial charge is 0.274 e. The summed E-state index contributed by atoms with van der Waals surface area (Å²) in [6, 6.07) is 13.2. The first-order chi connectivity index (χ1) is 12.9. The molecule has 0 saturated heterocycles. The Balaban J connectivity index is 1.76. The maximum absolute atomic E-state index is 13.7. The Morgan fingerprint density at radius 2 is 1.89 bits per heavy atom. The van der Waals surface area contributed by atoms with Crippen LogP contribution in [0.3, 0.4) is 0 Å². The van der Waals surface area contributed by atoms with Crippen LogP contribution >= 0.6 is 11.6 Å². The quantitative estimate of drug-likeness (QED) is 0.666. The Morgan fingerprint density at radius 3 is 2.63 bits per heavy atom. The number of rotatable bonds is 5. The molecule has 1 amide bonds. The molecule has 0 radical (unpaired) electrons. The van der Waals surface area contributed by atoms with Crippen LogP contribution in [0.2, 0.25) is 5.02 Å². The lowest BCUT2D eigenvalue weighted by atomic mass is 10.2. The van der Waals surface area contributed by atoms with Gasteiger partial charge in [-0.05, 0) is 43.7 Å².